The number of carbonyl (C=O) groups is 1. The zero-order valence-electron chi connectivity index (χ0n) is 11.6. The third-order valence-corrected chi connectivity index (χ3v) is 3.21. The van der Waals surface area contributed by atoms with Gasteiger partial charge in [0.05, 0.1) is 11.6 Å². The van der Waals surface area contributed by atoms with Gasteiger partial charge in [-0.15, -0.1) is 0 Å². The molecular weight excluding hydrogens is 262 g/mol. The lowest BCUT2D eigenvalue weighted by molar-refractivity contribution is 0.0928. The van der Waals surface area contributed by atoms with Crippen LogP contribution < -0.4 is 0 Å². The van der Waals surface area contributed by atoms with Gasteiger partial charge in [0.2, 0.25) is 0 Å². The third-order valence-electron chi connectivity index (χ3n) is 3.21. The number of hydrogen-bond donors (Lipinski definition) is 0. The summed E-state index contributed by atoms with van der Waals surface area (Å²) in [7, 11) is 0. The average molecular weight is 278 g/mol. The van der Waals surface area contributed by atoms with Crippen LogP contribution in [-0.4, -0.2) is 15.3 Å². The molecule has 0 amide bonds. The molecule has 1 unspecified atom stereocenters. The molecule has 0 spiro atoms. The normalized spacial score (nSPS) is 12.7. The molecule has 0 fully saturated rings. The minimum atomic E-state index is -0.840. The van der Waals surface area contributed by atoms with Gasteiger partial charge in [-0.3, -0.25) is 4.79 Å². The Hall–Kier alpha value is -2.04. The first-order valence-electron chi connectivity index (χ1n) is 6.43. The van der Waals surface area contributed by atoms with Crippen molar-refractivity contribution in [3.63, 3.8) is 0 Å². The van der Waals surface area contributed by atoms with Crippen molar-refractivity contribution in [1.82, 2.24) is 9.55 Å². The lowest BCUT2D eigenvalue weighted by Gasteiger charge is -2.17. The van der Waals surface area contributed by atoms with Crippen molar-refractivity contribution in [2.24, 2.45) is 0 Å². The fourth-order valence-corrected chi connectivity index (χ4v) is 2.14. The van der Waals surface area contributed by atoms with Crippen LogP contribution in [-0.2, 0) is 0 Å². The van der Waals surface area contributed by atoms with Crippen LogP contribution in [0.5, 0.6) is 0 Å². The second-order valence-electron chi connectivity index (χ2n) is 5.01. The molecule has 0 aliphatic carbocycles. The highest BCUT2D eigenvalue weighted by Gasteiger charge is 2.23. The Morgan fingerprint density at radius 3 is 2.55 bits per heavy atom. The fraction of sp³-hybridized carbons (Fsp3) is 0.333. The van der Waals surface area contributed by atoms with Crippen LogP contribution in [0.2, 0.25) is 0 Å². The molecule has 1 aromatic heterocycles. The van der Waals surface area contributed by atoms with E-state index >= 15 is 0 Å². The molecule has 1 heterocycles. The van der Waals surface area contributed by atoms with Crippen LogP contribution in [0, 0.1) is 11.6 Å². The van der Waals surface area contributed by atoms with Crippen molar-refractivity contribution in [2.45, 2.75) is 32.7 Å². The minimum absolute atomic E-state index is 0.109. The molecule has 1 aromatic carbocycles. The summed E-state index contributed by atoms with van der Waals surface area (Å²) in [6, 6.07) is 2.39. The fourth-order valence-electron chi connectivity index (χ4n) is 2.14. The summed E-state index contributed by atoms with van der Waals surface area (Å²) in [5, 5.41) is 0. The molecule has 3 nitrogen and oxygen atoms in total. The molecule has 0 saturated carbocycles. The van der Waals surface area contributed by atoms with Gasteiger partial charge in [-0.1, -0.05) is 13.8 Å². The van der Waals surface area contributed by atoms with Crippen molar-refractivity contribution in [2.75, 3.05) is 0 Å². The van der Waals surface area contributed by atoms with Gasteiger partial charge in [0.1, 0.15) is 17.5 Å². The maximum atomic E-state index is 13.7. The summed E-state index contributed by atoms with van der Waals surface area (Å²) in [4.78, 5) is 16.5. The summed E-state index contributed by atoms with van der Waals surface area (Å²) < 4.78 is 28.3. The predicted octanol–water partition coefficient (Wildman–Crippen LogP) is 3.73. The van der Waals surface area contributed by atoms with E-state index in [0.29, 0.717) is 0 Å². The van der Waals surface area contributed by atoms with Crippen molar-refractivity contribution in [3.8, 4) is 0 Å². The monoisotopic (exact) mass is 278 g/mol. The Balaban J connectivity index is 2.35. The first-order valence-corrected chi connectivity index (χ1v) is 6.43. The van der Waals surface area contributed by atoms with E-state index in [1.54, 1.807) is 23.9 Å². The van der Waals surface area contributed by atoms with Crippen LogP contribution in [0.25, 0.3) is 0 Å². The SMILES string of the molecule is CC(C)c1nccn1C(C)C(=O)c1ccc(F)cc1F. The number of rotatable bonds is 4. The van der Waals surface area contributed by atoms with E-state index < -0.39 is 23.5 Å². The molecule has 0 aliphatic heterocycles. The van der Waals surface area contributed by atoms with Crippen LogP contribution in [0.4, 0.5) is 8.78 Å². The number of carbonyl (C=O) groups excluding carboxylic acids is 1. The number of halogens is 2. The van der Waals surface area contributed by atoms with E-state index in [2.05, 4.69) is 4.98 Å². The van der Waals surface area contributed by atoms with Gasteiger partial charge < -0.3 is 4.57 Å². The van der Waals surface area contributed by atoms with Crippen molar-refractivity contribution >= 4 is 5.78 Å². The zero-order valence-corrected chi connectivity index (χ0v) is 11.6. The summed E-state index contributed by atoms with van der Waals surface area (Å²) in [6.45, 7) is 5.61. The molecule has 106 valence electrons. The smallest absolute Gasteiger partial charge is 0.188 e. The van der Waals surface area contributed by atoms with E-state index in [-0.39, 0.29) is 11.5 Å². The summed E-state index contributed by atoms with van der Waals surface area (Å²) in [5.41, 5.74) is -0.109. The highest BCUT2D eigenvalue weighted by atomic mass is 19.1. The van der Waals surface area contributed by atoms with E-state index in [1.807, 2.05) is 13.8 Å². The van der Waals surface area contributed by atoms with Crippen LogP contribution in [0.15, 0.2) is 30.6 Å². The Morgan fingerprint density at radius 1 is 1.25 bits per heavy atom. The number of ketones is 1. The standard InChI is InChI=1S/C15H16F2N2O/c1-9(2)15-18-6-7-19(15)10(3)14(20)12-5-4-11(16)8-13(12)17/h4-10H,1-3H3. The maximum absolute atomic E-state index is 13.7. The van der Waals surface area contributed by atoms with Gasteiger partial charge in [-0.25, -0.2) is 13.8 Å². The number of benzene rings is 1. The molecule has 0 N–H and O–H groups in total. The quantitative estimate of drug-likeness (QED) is 0.799. The van der Waals surface area contributed by atoms with Gasteiger partial charge in [-0.2, -0.15) is 0 Å². The van der Waals surface area contributed by atoms with Gasteiger partial charge in [0, 0.05) is 24.4 Å². The summed E-state index contributed by atoms with van der Waals surface area (Å²) in [5.74, 6) is -1.03. The van der Waals surface area contributed by atoms with Gasteiger partial charge in [0.25, 0.3) is 0 Å². The lowest BCUT2D eigenvalue weighted by atomic mass is 10.0. The van der Waals surface area contributed by atoms with Crippen LogP contribution in [0.1, 0.15) is 48.9 Å². The Kier molecular flexibility index (Phi) is 3.97. The van der Waals surface area contributed by atoms with Gasteiger partial charge >= 0.3 is 0 Å². The second kappa shape index (κ2) is 5.53. The topological polar surface area (TPSA) is 34.9 Å². The number of imidazole rings is 1. The molecule has 1 atom stereocenters. The van der Waals surface area contributed by atoms with Crippen molar-refractivity contribution in [3.05, 3.63) is 53.6 Å². The number of aromatic nitrogens is 2. The first kappa shape index (κ1) is 14.4. The average Bonchev–Trinajstić information content (AvgIpc) is 2.86. The Labute approximate surface area is 116 Å². The molecule has 2 aromatic rings. The second-order valence-corrected chi connectivity index (χ2v) is 5.01. The molecule has 0 bridgehead atoms. The number of Topliss-reactive ketones (excluding diaryl/α,β-unsaturated/α-hetero) is 1. The zero-order chi connectivity index (χ0) is 14.9. The van der Waals surface area contributed by atoms with Crippen LogP contribution >= 0.6 is 0 Å². The van der Waals surface area contributed by atoms with E-state index in [4.69, 9.17) is 0 Å². The summed E-state index contributed by atoms with van der Waals surface area (Å²) >= 11 is 0. The van der Waals surface area contributed by atoms with Crippen LogP contribution in [0.3, 0.4) is 0 Å². The molecule has 0 saturated heterocycles. The highest BCUT2D eigenvalue weighted by Crippen LogP contribution is 2.22. The molecule has 2 rings (SSSR count). The summed E-state index contributed by atoms with van der Waals surface area (Å²) in [6.07, 6.45) is 3.31. The lowest BCUT2D eigenvalue weighted by Crippen LogP contribution is -2.20. The van der Waals surface area contributed by atoms with Crippen molar-refractivity contribution < 1.29 is 13.6 Å². The van der Waals surface area contributed by atoms with E-state index in [9.17, 15) is 13.6 Å². The first-order chi connectivity index (χ1) is 9.41. The number of hydrogen-bond acceptors (Lipinski definition) is 2. The molecule has 20 heavy (non-hydrogen) atoms. The van der Waals surface area contributed by atoms with Gasteiger partial charge in [-0.05, 0) is 19.1 Å². The Bertz CT molecular complexity index is 635. The largest absolute Gasteiger partial charge is 0.324 e. The van der Waals surface area contributed by atoms with Crippen molar-refractivity contribution in [1.29, 1.82) is 0 Å². The molecule has 5 heteroatoms. The minimum Gasteiger partial charge on any atom is -0.324 e. The number of nitrogens with zero attached hydrogens (tertiary/aromatic N) is 2. The molecule has 0 aliphatic rings. The highest BCUT2D eigenvalue weighted by molar-refractivity contribution is 5.99. The predicted molar refractivity (Wildman–Crippen MR) is 71.7 cm³/mol. The third kappa shape index (κ3) is 2.61. The maximum Gasteiger partial charge on any atom is 0.188 e. The molecular formula is C15H16F2N2O. The van der Waals surface area contributed by atoms with E-state index in [1.165, 1.54) is 6.07 Å². The van der Waals surface area contributed by atoms with Gasteiger partial charge in [0.15, 0.2) is 5.78 Å². The Morgan fingerprint density at radius 2 is 1.95 bits per heavy atom. The van der Waals surface area contributed by atoms with E-state index in [0.717, 1.165) is 18.0 Å². The molecule has 0 radical (unpaired) electrons.